The van der Waals surface area contributed by atoms with Crippen LogP contribution in [0.2, 0.25) is 0 Å². The maximum atomic E-state index is 11.4. The molecule has 1 aliphatic rings. The van der Waals surface area contributed by atoms with Crippen LogP contribution in [0.25, 0.3) is 0 Å². The van der Waals surface area contributed by atoms with Crippen molar-refractivity contribution in [3.63, 3.8) is 0 Å². The lowest BCUT2D eigenvalue weighted by molar-refractivity contribution is 0.288. The van der Waals surface area contributed by atoms with Crippen LogP contribution in [-0.2, 0) is 15.3 Å². The van der Waals surface area contributed by atoms with Gasteiger partial charge in [-0.25, -0.2) is 8.42 Å². The number of sulfone groups is 1. The van der Waals surface area contributed by atoms with Crippen molar-refractivity contribution in [1.82, 2.24) is 10.1 Å². The van der Waals surface area contributed by atoms with E-state index in [1.807, 2.05) is 13.8 Å². The molecule has 2 heterocycles. The number of nitrogens with two attached hydrogens (primary N) is 1. The molecule has 2 unspecified atom stereocenters. The molecule has 1 saturated heterocycles. The van der Waals surface area contributed by atoms with Crippen molar-refractivity contribution in [3.05, 3.63) is 11.7 Å². The Labute approximate surface area is 107 Å². The van der Waals surface area contributed by atoms with Gasteiger partial charge >= 0.3 is 0 Å². The summed E-state index contributed by atoms with van der Waals surface area (Å²) in [6.45, 7) is 4.40. The summed E-state index contributed by atoms with van der Waals surface area (Å²) in [5.41, 5.74) is 5.40. The summed E-state index contributed by atoms with van der Waals surface area (Å²) in [4.78, 5) is 4.35. The summed E-state index contributed by atoms with van der Waals surface area (Å²) < 4.78 is 28.1. The molecule has 0 aromatic carbocycles. The topological polar surface area (TPSA) is 99.1 Å². The number of hydrogen-bond donors (Lipinski definition) is 1. The fraction of sp³-hybridized carbons (Fsp3) is 0.818. The molecule has 102 valence electrons. The van der Waals surface area contributed by atoms with Gasteiger partial charge in [-0.15, -0.1) is 0 Å². The molecule has 2 rings (SSSR count). The molecule has 0 saturated carbocycles. The van der Waals surface area contributed by atoms with E-state index >= 15 is 0 Å². The molecule has 2 atom stereocenters. The third-order valence-corrected chi connectivity index (χ3v) is 5.55. The van der Waals surface area contributed by atoms with Crippen molar-refractivity contribution < 1.29 is 12.9 Å². The Morgan fingerprint density at radius 1 is 1.56 bits per heavy atom. The van der Waals surface area contributed by atoms with Gasteiger partial charge in [0.1, 0.15) is 0 Å². The van der Waals surface area contributed by atoms with Gasteiger partial charge in [-0.1, -0.05) is 12.1 Å². The van der Waals surface area contributed by atoms with E-state index in [2.05, 4.69) is 10.1 Å². The highest BCUT2D eigenvalue weighted by Crippen LogP contribution is 2.30. The number of aromatic nitrogens is 2. The van der Waals surface area contributed by atoms with Gasteiger partial charge in [0.15, 0.2) is 15.7 Å². The molecule has 6 nitrogen and oxygen atoms in total. The van der Waals surface area contributed by atoms with Gasteiger partial charge in [-0.3, -0.25) is 0 Å². The Morgan fingerprint density at radius 2 is 2.28 bits per heavy atom. The minimum atomic E-state index is -2.93. The van der Waals surface area contributed by atoms with Crippen LogP contribution in [-0.4, -0.2) is 36.6 Å². The van der Waals surface area contributed by atoms with Gasteiger partial charge < -0.3 is 10.3 Å². The van der Waals surface area contributed by atoms with E-state index in [9.17, 15) is 8.42 Å². The van der Waals surface area contributed by atoms with E-state index in [1.165, 1.54) is 0 Å². The Kier molecular flexibility index (Phi) is 3.46. The summed E-state index contributed by atoms with van der Waals surface area (Å²) in [5, 5.41) is 3.92. The monoisotopic (exact) mass is 273 g/mol. The Bertz CT molecular complexity index is 519. The van der Waals surface area contributed by atoms with Crippen LogP contribution in [0, 0.1) is 0 Å². The molecular formula is C11H19N3O3S. The average Bonchev–Trinajstić information content (AvgIpc) is 2.94. The fourth-order valence-electron chi connectivity index (χ4n) is 2.03. The largest absolute Gasteiger partial charge is 0.339 e. The first-order valence-electron chi connectivity index (χ1n) is 6.15. The predicted octanol–water partition coefficient (Wildman–Crippen LogP) is 0.598. The van der Waals surface area contributed by atoms with Crippen LogP contribution < -0.4 is 5.73 Å². The molecule has 0 bridgehead atoms. The van der Waals surface area contributed by atoms with E-state index in [1.54, 1.807) is 0 Å². The lowest BCUT2D eigenvalue weighted by atomic mass is 9.88. The second kappa shape index (κ2) is 4.62. The van der Waals surface area contributed by atoms with Crippen molar-refractivity contribution in [2.24, 2.45) is 5.73 Å². The van der Waals surface area contributed by atoms with E-state index < -0.39 is 9.84 Å². The molecule has 0 amide bonds. The molecule has 18 heavy (non-hydrogen) atoms. The molecule has 0 radical (unpaired) electrons. The van der Waals surface area contributed by atoms with Gasteiger partial charge in [0.25, 0.3) is 0 Å². The molecule has 7 heteroatoms. The summed E-state index contributed by atoms with van der Waals surface area (Å²) in [5.74, 6) is 1.21. The number of hydrogen-bond acceptors (Lipinski definition) is 6. The van der Waals surface area contributed by atoms with Crippen LogP contribution in [0.5, 0.6) is 0 Å². The van der Waals surface area contributed by atoms with E-state index in [4.69, 9.17) is 10.3 Å². The summed E-state index contributed by atoms with van der Waals surface area (Å²) in [7, 11) is -2.93. The minimum absolute atomic E-state index is 0.122. The lowest BCUT2D eigenvalue weighted by Crippen LogP contribution is -2.31. The number of rotatable bonds is 4. The van der Waals surface area contributed by atoms with Crippen LogP contribution in [0.1, 0.15) is 44.3 Å². The smallest absolute Gasteiger partial charge is 0.233 e. The normalized spacial score (nSPS) is 26.1. The second-order valence-corrected chi connectivity index (χ2v) is 7.40. The molecular weight excluding hydrogens is 254 g/mol. The van der Waals surface area contributed by atoms with Gasteiger partial charge in [0.2, 0.25) is 5.89 Å². The van der Waals surface area contributed by atoms with Crippen LogP contribution in [0.15, 0.2) is 4.52 Å². The Morgan fingerprint density at radius 3 is 2.78 bits per heavy atom. The van der Waals surface area contributed by atoms with Crippen LogP contribution in [0.3, 0.4) is 0 Å². The lowest BCUT2D eigenvalue weighted by Gasteiger charge is -2.20. The van der Waals surface area contributed by atoms with Crippen LogP contribution in [0.4, 0.5) is 0 Å². The zero-order chi connectivity index (χ0) is 13.4. The van der Waals surface area contributed by atoms with Crippen molar-refractivity contribution >= 4 is 9.84 Å². The molecule has 1 aromatic rings. The SMILES string of the molecule is CCC(C)(CN)c1nc(C2CCS(=O)(=O)C2)no1. The molecule has 0 aliphatic carbocycles. The molecule has 0 spiro atoms. The number of nitrogens with zero attached hydrogens (tertiary/aromatic N) is 2. The second-order valence-electron chi connectivity index (χ2n) is 5.18. The highest BCUT2D eigenvalue weighted by Gasteiger charge is 2.35. The van der Waals surface area contributed by atoms with Crippen LogP contribution >= 0.6 is 0 Å². The van der Waals surface area contributed by atoms with Crippen molar-refractivity contribution in [3.8, 4) is 0 Å². The Balaban J connectivity index is 2.21. The highest BCUT2D eigenvalue weighted by molar-refractivity contribution is 7.91. The maximum Gasteiger partial charge on any atom is 0.233 e. The third kappa shape index (κ3) is 2.42. The zero-order valence-corrected chi connectivity index (χ0v) is 11.5. The average molecular weight is 273 g/mol. The first kappa shape index (κ1) is 13.5. The van der Waals surface area contributed by atoms with E-state index in [0.29, 0.717) is 24.7 Å². The molecule has 1 aromatic heterocycles. The first-order chi connectivity index (χ1) is 8.40. The van der Waals surface area contributed by atoms with E-state index in [0.717, 1.165) is 6.42 Å². The standard InChI is InChI=1S/C11H19N3O3S/c1-3-11(2,7-12)10-13-9(14-17-10)8-4-5-18(15,16)6-8/h8H,3-7,12H2,1-2H3. The van der Waals surface area contributed by atoms with Crippen molar-refractivity contribution in [2.75, 3.05) is 18.1 Å². The van der Waals surface area contributed by atoms with Gasteiger partial charge in [0.05, 0.1) is 16.9 Å². The fourth-order valence-corrected chi connectivity index (χ4v) is 3.77. The predicted molar refractivity (Wildman–Crippen MR) is 67.0 cm³/mol. The third-order valence-electron chi connectivity index (χ3n) is 3.79. The van der Waals surface area contributed by atoms with Gasteiger partial charge in [-0.05, 0) is 19.8 Å². The molecule has 2 N–H and O–H groups in total. The Hall–Kier alpha value is -0.950. The molecule has 1 fully saturated rings. The van der Waals surface area contributed by atoms with Crippen molar-refractivity contribution in [1.29, 1.82) is 0 Å². The highest BCUT2D eigenvalue weighted by atomic mass is 32.2. The minimum Gasteiger partial charge on any atom is -0.339 e. The molecule has 1 aliphatic heterocycles. The summed E-state index contributed by atoms with van der Waals surface area (Å²) in [6, 6.07) is 0. The van der Waals surface area contributed by atoms with Gasteiger partial charge in [0, 0.05) is 12.5 Å². The maximum absolute atomic E-state index is 11.4. The summed E-state index contributed by atoms with van der Waals surface area (Å²) >= 11 is 0. The summed E-state index contributed by atoms with van der Waals surface area (Å²) in [6.07, 6.45) is 1.38. The van der Waals surface area contributed by atoms with Gasteiger partial charge in [-0.2, -0.15) is 4.98 Å². The van der Waals surface area contributed by atoms with E-state index in [-0.39, 0.29) is 22.8 Å². The quantitative estimate of drug-likeness (QED) is 0.862. The zero-order valence-electron chi connectivity index (χ0n) is 10.7. The first-order valence-corrected chi connectivity index (χ1v) is 7.97. The van der Waals surface area contributed by atoms with Crippen molar-refractivity contribution in [2.45, 2.75) is 38.0 Å².